The van der Waals surface area contributed by atoms with Crippen LogP contribution in [0.5, 0.6) is 11.5 Å². The van der Waals surface area contributed by atoms with Crippen LogP contribution in [0.15, 0.2) is 48.5 Å². The summed E-state index contributed by atoms with van der Waals surface area (Å²) in [5, 5.41) is 8.67. The van der Waals surface area contributed by atoms with Gasteiger partial charge in [-0.2, -0.15) is 0 Å². The summed E-state index contributed by atoms with van der Waals surface area (Å²) >= 11 is 0. The van der Waals surface area contributed by atoms with Gasteiger partial charge < -0.3 is 25.4 Å². The van der Waals surface area contributed by atoms with E-state index in [-0.39, 0.29) is 12.1 Å². The summed E-state index contributed by atoms with van der Waals surface area (Å²) in [6.45, 7) is 2.15. The zero-order valence-corrected chi connectivity index (χ0v) is 14.2. The number of hydrogen-bond donors (Lipinski definition) is 3. The van der Waals surface area contributed by atoms with Crippen LogP contribution in [0, 0.1) is 0 Å². The fraction of sp³-hybridized carbons (Fsp3) is 0.316. The third kappa shape index (κ3) is 4.87. The second-order valence-electron chi connectivity index (χ2n) is 5.85. The Labute approximate surface area is 147 Å². The second kappa shape index (κ2) is 8.39. The van der Waals surface area contributed by atoms with E-state index in [0.29, 0.717) is 6.61 Å². The van der Waals surface area contributed by atoms with Gasteiger partial charge in [-0.3, -0.25) is 0 Å². The molecule has 132 valence electrons. The molecule has 0 bridgehead atoms. The summed E-state index contributed by atoms with van der Waals surface area (Å²) in [7, 11) is 1.59. The SMILES string of the molecule is CNC(=O)Nc1ccc(CCNCC2COc3ccccc3O2)cc1. The van der Waals surface area contributed by atoms with Gasteiger partial charge in [0.05, 0.1) is 0 Å². The van der Waals surface area contributed by atoms with Crippen molar-refractivity contribution < 1.29 is 14.3 Å². The molecule has 3 N–H and O–H groups in total. The summed E-state index contributed by atoms with van der Waals surface area (Å²) in [5.74, 6) is 1.61. The van der Waals surface area contributed by atoms with E-state index in [4.69, 9.17) is 9.47 Å². The fourth-order valence-electron chi connectivity index (χ4n) is 2.61. The molecule has 0 saturated heterocycles. The van der Waals surface area contributed by atoms with E-state index in [1.165, 1.54) is 5.56 Å². The molecule has 1 aliphatic heterocycles. The van der Waals surface area contributed by atoms with Gasteiger partial charge in [0.15, 0.2) is 11.5 Å². The van der Waals surface area contributed by atoms with Crippen molar-refractivity contribution in [3.63, 3.8) is 0 Å². The number of para-hydroxylation sites is 2. The van der Waals surface area contributed by atoms with E-state index in [2.05, 4.69) is 16.0 Å². The van der Waals surface area contributed by atoms with Crippen LogP contribution in [-0.4, -0.2) is 38.9 Å². The first-order chi connectivity index (χ1) is 12.2. The maximum atomic E-state index is 11.3. The molecule has 0 aromatic heterocycles. The average molecular weight is 341 g/mol. The maximum Gasteiger partial charge on any atom is 0.318 e. The van der Waals surface area contributed by atoms with Gasteiger partial charge in [0, 0.05) is 19.3 Å². The number of amides is 2. The van der Waals surface area contributed by atoms with Gasteiger partial charge in [0.2, 0.25) is 0 Å². The monoisotopic (exact) mass is 341 g/mol. The lowest BCUT2D eigenvalue weighted by Gasteiger charge is -2.26. The maximum absolute atomic E-state index is 11.3. The second-order valence-corrected chi connectivity index (χ2v) is 5.85. The van der Waals surface area contributed by atoms with Crippen LogP contribution >= 0.6 is 0 Å². The molecular formula is C19H23N3O3. The average Bonchev–Trinajstić information content (AvgIpc) is 2.66. The van der Waals surface area contributed by atoms with Crippen LogP contribution in [0.3, 0.4) is 0 Å². The molecule has 2 aromatic rings. The number of carbonyl (C=O) groups excluding carboxylic acids is 1. The van der Waals surface area contributed by atoms with Crippen molar-refractivity contribution >= 4 is 11.7 Å². The largest absolute Gasteiger partial charge is 0.486 e. The summed E-state index contributed by atoms with van der Waals surface area (Å²) in [6.07, 6.45) is 0.929. The minimum Gasteiger partial charge on any atom is -0.486 e. The van der Waals surface area contributed by atoms with Crippen LogP contribution in [-0.2, 0) is 6.42 Å². The highest BCUT2D eigenvalue weighted by molar-refractivity contribution is 5.88. The van der Waals surface area contributed by atoms with Crippen LogP contribution in [0.4, 0.5) is 10.5 Å². The van der Waals surface area contributed by atoms with Crippen molar-refractivity contribution in [1.82, 2.24) is 10.6 Å². The number of rotatable bonds is 6. The third-order valence-corrected chi connectivity index (χ3v) is 3.97. The van der Waals surface area contributed by atoms with Gasteiger partial charge in [0.1, 0.15) is 12.7 Å². The molecule has 0 spiro atoms. The Morgan fingerprint density at radius 1 is 1.12 bits per heavy atom. The van der Waals surface area contributed by atoms with Gasteiger partial charge in [0.25, 0.3) is 0 Å². The number of hydrogen-bond acceptors (Lipinski definition) is 4. The van der Waals surface area contributed by atoms with Gasteiger partial charge in [-0.1, -0.05) is 24.3 Å². The predicted molar refractivity (Wildman–Crippen MR) is 97.4 cm³/mol. The number of anilines is 1. The molecule has 1 unspecified atom stereocenters. The minimum atomic E-state index is -0.217. The fourth-order valence-corrected chi connectivity index (χ4v) is 2.61. The molecule has 0 radical (unpaired) electrons. The normalized spacial score (nSPS) is 15.5. The van der Waals surface area contributed by atoms with Gasteiger partial charge in [-0.25, -0.2) is 4.79 Å². The Morgan fingerprint density at radius 3 is 2.64 bits per heavy atom. The van der Waals surface area contributed by atoms with Crippen LogP contribution in [0.25, 0.3) is 0 Å². The van der Waals surface area contributed by atoms with Gasteiger partial charge in [-0.15, -0.1) is 0 Å². The summed E-state index contributed by atoms with van der Waals surface area (Å²) < 4.78 is 11.6. The highest BCUT2D eigenvalue weighted by atomic mass is 16.6. The van der Waals surface area contributed by atoms with E-state index in [1.54, 1.807) is 7.05 Å². The van der Waals surface area contributed by atoms with E-state index >= 15 is 0 Å². The van der Waals surface area contributed by atoms with Crippen LogP contribution in [0.1, 0.15) is 5.56 Å². The summed E-state index contributed by atoms with van der Waals surface area (Å²) in [5.41, 5.74) is 1.99. The lowest BCUT2D eigenvalue weighted by atomic mass is 10.1. The van der Waals surface area contributed by atoms with E-state index in [0.717, 1.165) is 36.7 Å². The van der Waals surface area contributed by atoms with Crippen molar-refractivity contribution in [1.29, 1.82) is 0 Å². The number of nitrogens with one attached hydrogen (secondary N) is 3. The Balaban J connectivity index is 1.38. The molecular weight excluding hydrogens is 318 g/mol. The quantitative estimate of drug-likeness (QED) is 0.706. The standard InChI is InChI=1S/C19H23N3O3/c1-20-19(23)22-15-8-6-14(7-9-15)10-11-21-12-16-13-24-17-4-2-3-5-18(17)25-16/h2-9,16,21H,10-13H2,1H3,(H2,20,22,23). The first-order valence-corrected chi connectivity index (χ1v) is 8.41. The van der Waals surface area contributed by atoms with Gasteiger partial charge >= 0.3 is 6.03 Å². The minimum absolute atomic E-state index is 0.0223. The molecule has 6 heteroatoms. The predicted octanol–water partition coefficient (Wildman–Crippen LogP) is 2.41. The summed E-state index contributed by atoms with van der Waals surface area (Å²) in [4.78, 5) is 11.3. The lowest BCUT2D eigenvalue weighted by Crippen LogP contribution is -2.39. The molecule has 6 nitrogen and oxygen atoms in total. The van der Waals surface area contributed by atoms with E-state index in [9.17, 15) is 4.79 Å². The van der Waals surface area contributed by atoms with E-state index in [1.807, 2.05) is 48.5 Å². The topological polar surface area (TPSA) is 71.6 Å². The van der Waals surface area contributed by atoms with E-state index < -0.39 is 0 Å². The Hall–Kier alpha value is -2.73. The molecule has 0 aliphatic carbocycles. The number of urea groups is 1. The summed E-state index contributed by atoms with van der Waals surface area (Å²) in [6, 6.07) is 15.4. The first kappa shape index (κ1) is 17.1. The van der Waals surface area contributed by atoms with Crippen molar-refractivity contribution in [3.8, 4) is 11.5 Å². The zero-order chi connectivity index (χ0) is 17.5. The molecule has 25 heavy (non-hydrogen) atoms. The Kier molecular flexibility index (Phi) is 5.74. The van der Waals surface area contributed by atoms with Crippen LogP contribution < -0.4 is 25.4 Å². The lowest BCUT2D eigenvalue weighted by molar-refractivity contribution is 0.0906. The number of fused-ring (bicyclic) bond motifs is 1. The van der Waals surface area contributed by atoms with Crippen molar-refractivity contribution in [3.05, 3.63) is 54.1 Å². The molecule has 3 rings (SSSR count). The molecule has 0 saturated carbocycles. The Morgan fingerprint density at radius 2 is 1.88 bits per heavy atom. The highest BCUT2D eigenvalue weighted by Crippen LogP contribution is 2.30. The number of benzene rings is 2. The third-order valence-electron chi connectivity index (χ3n) is 3.97. The molecule has 1 aliphatic rings. The van der Waals surface area contributed by atoms with Crippen LogP contribution in [0.2, 0.25) is 0 Å². The molecule has 1 heterocycles. The molecule has 1 atom stereocenters. The smallest absolute Gasteiger partial charge is 0.318 e. The zero-order valence-electron chi connectivity index (χ0n) is 14.2. The molecule has 0 fully saturated rings. The highest BCUT2D eigenvalue weighted by Gasteiger charge is 2.19. The van der Waals surface area contributed by atoms with Crippen molar-refractivity contribution in [2.45, 2.75) is 12.5 Å². The van der Waals surface area contributed by atoms with Crippen molar-refractivity contribution in [2.24, 2.45) is 0 Å². The molecule has 2 amide bonds. The molecule has 2 aromatic carbocycles. The van der Waals surface area contributed by atoms with Crippen molar-refractivity contribution in [2.75, 3.05) is 32.1 Å². The first-order valence-electron chi connectivity index (χ1n) is 8.41. The number of carbonyl (C=O) groups is 1. The number of ether oxygens (including phenoxy) is 2. The van der Waals surface area contributed by atoms with Gasteiger partial charge in [-0.05, 0) is 42.8 Å². The Bertz CT molecular complexity index is 703.